The lowest BCUT2D eigenvalue weighted by molar-refractivity contribution is -0.396. The number of ether oxygens (including phenoxy) is 1. The molecule has 3 rings (SSSR count). The molecule has 1 unspecified atom stereocenters. The summed E-state index contributed by atoms with van der Waals surface area (Å²) in [7, 11) is 0. The maximum absolute atomic E-state index is 12.0. The average Bonchev–Trinajstić information content (AvgIpc) is 3.16. The molecule has 0 bridgehead atoms. The van der Waals surface area contributed by atoms with Crippen LogP contribution in [0.1, 0.15) is 18.2 Å². The minimum Gasteiger partial charge on any atom is -0.394 e. The first-order chi connectivity index (χ1) is 11.9. The fraction of sp³-hybridized carbons (Fsp3) is 0.462. The van der Waals surface area contributed by atoms with Crippen LogP contribution in [0.5, 0.6) is 0 Å². The number of aromatic amines is 1. The van der Waals surface area contributed by atoms with Gasteiger partial charge in [0.1, 0.15) is 31.3 Å². The molecule has 0 amide bonds. The fourth-order valence-electron chi connectivity index (χ4n) is 2.68. The quantitative estimate of drug-likeness (QED) is 0.424. The molecule has 0 aliphatic carbocycles. The zero-order valence-corrected chi connectivity index (χ0v) is 12.8. The van der Waals surface area contributed by atoms with E-state index in [9.17, 15) is 24.8 Å². The number of nitro groups is 1. The lowest BCUT2D eigenvalue weighted by Crippen LogP contribution is -2.34. The van der Waals surface area contributed by atoms with Crippen molar-refractivity contribution in [1.29, 1.82) is 0 Å². The van der Waals surface area contributed by atoms with Crippen LogP contribution in [-0.4, -0.2) is 53.1 Å². The standard InChI is InChI=1S/C13H15N5O7/c19-6-9-8(20)3-10(25-9)17-5-7(11(21)15-13(17)22)4-16-2-1-14-12(16)18(23)24/h1-2,5,8-10,19-20H,3-4,6H2,(H,15,21,22)/t8?,9-,10-/m1/s1. The number of aliphatic hydroxyl groups excluding tert-OH is 2. The fourth-order valence-corrected chi connectivity index (χ4v) is 2.68. The molecule has 2 aromatic heterocycles. The highest BCUT2D eigenvalue weighted by molar-refractivity contribution is 5.13. The highest BCUT2D eigenvalue weighted by atomic mass is 16.6. The van der Waals surface area contributed by atoms with Gasteiger partial charge in [-0.2, -0.15) is 0 Å². The van der Waals surface area contributed by atoms with E-state index < -0.39 is 47.2 Å². The predicted molar refractivity (Wildman–Crippen MR) is 80.9 cm³/mol. The summed E-state index contributed by atoms with van der Waals surface area (Å²) in [6.45, 7) is -0.589. The van der Waals surface area contributed by atoms with Crippen LogP contribution in [0.2, 0.25) is 0 Å². The Morgan fingerprint density at radius 2 is 2.24 bits per heavy atom. The molecule has 3 atom stereocenters. The Morgan fingerprint density at radius 3 is 2.88 bits per heavy atom. The van der Waals surface area contributed by atoms with Gasteiger partial charge in [-0.05, 0) is 4.92 Å². The van der Waals surface area contributed by atoms with Gasteiger partial charge in [0.2, 0.25) is 0 Å². The van der Waals surface area contributed by atoms with Gasteiger partial charge in [0, 0.05) is 12.6 Å². The van der Waals surface area contributed by atoms with Crippen LogP contribution in [0.4, 0.5) is 5.95 Å². The number of hydrogen-bond donors (Lipinski definition) is 3. The lowest BCUT2D eigenvalue weighted by atomic mass is 10.2. The molecule has 0 aromatic carbocycles. The van der Waals surface area contributed by atoms with Gasteiger partial charge >= 0.3 is 11.6 Å². The maximum Gasteiger partial charge on any atom is 0.434 e. The van der Waals surface area contributed by atoms with Crippen LogP contribution >= 0.6 is 0 Å². The highest BCUT2D eigenvalue weighted by Crippen LogP contribution is 2.27. The molecule has 3 N–H and O–H groups in total. The van der Waals surface area contributed by atoms with E-state index >= 15 is 0 Å². The van der Waals surface area contributed by atoms with Crippen molar-refractivity contribution in [3.63, 3.8) is 0 Å². The van der Waals surface area contributed by atoms with E-state index in [1.54, 1.807) is 0 Å². The van der Waals surface area contributed by atoms with E-state index in [2.05, 4.69) is 9.97 Å². The molecule has 12 nitrogen and oxygen atoms in total. The second-order valence-corrected chi connectivity index (χ2v) is 5.55. The second-order valence-electron chi connectivity index (χ2n) is 5.55. The average molecular weight is 353 g/mol. The van der Waals surface area contributed by atoms with Crippen molar-refractivity contribution in [3.05, 3.63) is 55.1 Å². The summed E-state index contributed by atoms with van der Waals surface area (Å²) in [4.78, 5) is 39.9. The summed E-state index contributed by atoms with van der Waals surface area (Å²) < 4.78 is 7.63. The van der Waals surface area contributed by atoms with Gasteiger partial charge in [-0.25, -0.2) is 9.36 Å². The zero-order chi connectivity index (χ0) is 18.1. The van der Waals surface area contributed by atoms with Crippen LogP contribution in [0.25, 0.3) is 0 Å². The van der Waals surface area contributed by atoms with Crippen LogP contribution in [0.15, 0.2) is 28.2 Å². The molecule has 0 spiro atoms. The Bertz CT molecular complexity index is 901. The first kappa shape index (κ1) is 17.0. The summed E-state index contributed by atoms with van der Waals surface area (Å²) in [5.74, 6) is -0.440. The normalized spacial score (nSPS) is 23.0. The van der Waals surface area contributed by atoms with Crippen LogP contribution in [-0.2, 0) is 11.3 Å². The minimum absolute atomic E-state index is 0.0574. The van der Waals surface area contributed by atoms with Crippen LogP contribution in [0.3, 0.4) is 0 Å². The van der Waals surface area contributed by atoms with Crippen LogP contribution < -0.4 is 11.2 Å². The molecule has 25 heavy (non-hydrogen) atoms. The molecule has 1 saturated heterocycles. The van der Waals surface area contributed by atoms with Crippen molar-refractivity contribution in [2.24, 2.45) is 0 Å². The molecule has 134 valence electrons. The number of H-pyrrole nitrogens is 1. The predicted octanol–water partition coefficient (Wildman–Crippen LogP) is -1.67. The summed E-state index contributed by atoms with van der Waals surface area (Å²) >= 11 is 0. The largest absolute Gasteiger partial charge is 0.434 e. The van der Waals surface area contributed by atoms with E-state index in [4.69, 9.17) is 9.84 Å². The summed E-state index contributed by atoms with van der Waals surface area (Å²) in [6.07, 6.45) is 1.20. The molecule has 0 saturated carbocycles. The summed E-state index contributed by atoms with van der Waals surface area (Å²) in [5, 5.41) is 29.8. The Balaban J connectivity index is 1.94. The van der Waals surface area contributed by atoms with Crippen molar-refractivity contribution < 1.29 is 19.9 Å². The number of rotatable bonds is 5. The number of nitrogens with one attached hydrogen (secondary N) is 1. The number of aromatic nitrogens is 4. The number of aliphatic hydroxyl groups is 2. The van der Waals surface area contributed by atoms with Crippen LogP contribution in [0, 0.1) is 10.1 Å². The topological polar surface area (TPSA) is 166 Å². The van der Waals surface area contributed by atoms with Crippen molar-refractivity contribution in [2.75, 3.05) is 6.61 Å². The second kappa shape index (κ2) is 6.58. The van der Waals surface area contributed by atoms with Crippen molar-refractivity contribution >= 4 is 5.95 Å². The molecule has 1 aliphatic heterocycles. The van der Waals surface area contributed by atoms with Gasteiger partial charge in [0.25, 0.3) is 5.56 Å². The minimum atomic E-state index is -0.952. The first-order valence-electron chi connectivity index (χ1n) is 7.35. The Labute approximate surface area is 139 Å². The van der Waals surface area contributed by atoms with E-state index in [1.165, 1.54) is 18.6 Å². The third kappa shape index (κ3) is 3.22. The monoisotopic (exact) mass is 353 g/mol. The summed E-state index contributed by atoms with van der Waals surface area (Å²) in [6, 6.07) is 0. The Morgan fingerprint density at radius 1 is 1.48 bits per heavy atom. The molecule has 3 heterocycles. The number of imidazole rings is 1. The van der Waals surface area contributed by atoms with E-state index in [0.29, 0.717) is 0 Å². The third-order valence-electron chi connectivity index (χ3n) is 3.93. The van der Waals surface area contributed by atoms with Gasteiger partial charge in [-0.3, -0.25) is 14.3 Å². The smallest absolute Gasteiger partial charge is 0.394 e. The molecular weight excluding hydrogens is 338 g/mol. The molecule has 12 heteroatoms. The van der Waals surface area contributed by atoms with Gasteiger partial charge in [0.05, 0.1) is 18.3 Å². The highest BCUT2D eigenvalue weighted by Gasteiger charge is 2.35. The third-order valence-corrected chi connectivity index (χ3v) is 3.93. The van der Waals surface area contributed by atoms with Gasteiger partial charge < -0.3 is 25.1 Å². The van der Waals surface area contributed by atoms with Gasteiger partial charge in [0.15, 0.2) is 0 Å². The molecule has 0 radical (unpaired) electrons. The molecule has 1 fully saturated rings. The van der Waals surface area contributed by atoms with Crippen molar-refractivity contribution in [1.82, 2.24) is 19.1 Å². The summed E-state index contributed by atoms with van der Waals surface area (Å²) in [5.41, 5.74) is -1.36. The van der Waals surface area contributed by atoms with Gasteiger partial charge in [-0.15, -0.1) is 0 Å². The zero-order valence-electron chi connectivity index (χ0n) is 12.8. The van der Waals surface area contributed by atoms with Crippen molar-refractivity contribution in [3.8, 4) is 0 Å². The van der Waals surface area contributed by atoms with E-state index in [0.717, 1.165) is 9.13 Å². The van der Waals surface area contributed by atoms with E-state index in [-0.39, 0.29) is 18.5 Å². The van der Waals surface area contributed by atoms with Crippen molar-refractivity contribution in [2.45, 2.75) is 31.4 Å². The number of hydrogen-bond acceptors (Lipinski definition) is 8. The SMILES string of the molecule is O=c1[nH]c(=O)n([C@H]2CC(O)[C@@H](CO)O2)cc1Cn1ccnc1[N+](=O)[O-]. The Kier molecular flexibility index (Phi) is 4.48. The molecule has 1 aliphatic rings. The first-order valence-corrected chi connectivity index (χ1v) is 7.35. The Hall–Kier alpha value is -2.83. The molecule has 2 aromatic rings. The number of nitrogens with zero attached hydrogens (tertiary/aromatic N) is 4. The van der Waals surface area contributed by atoms with Gasteiger partial charge in [-0.1, -0.05) is 4.98 Å². The lowest BCUT2D eigenvalue weighted by Gasteiger charge is -2.15. The van der Waals surface area contributed by atoms with E-state index in [1.807, 2.05) is 0 Å². The maximum atomic E-state index is 12.0. The molecular formula is C13H15N5O7.